The van der Waals surface area contributed by atoms with Crippen LogP contribution in [0.1, 0.15) is 30.9 Å². The monoisotopic (exact) mass is 249 g/mol. The number of benzene rings is 1. The molecule has 2 N–H and O–H groups in total. The molecule has 3 heteroatoms. The minimum atomic E-state index is -0.414. The van der Waals surface area contributed by atoms with E-state index in [-0.39, 0.29) is 6.10 Å². The summed E-state index contributed by atoms with van der Waals surface area (Å²) in [6.07, 6.45) is 0.919. The van der Waals surface area contributed by atoms with Gasteiger partial charge in [-0.1, -0.05) is 24.3 Å². The van der Waals surface area contributed by atoms with E-state index in [0.29, 0.717) is 19.1 Å². The Morgan fingerprint density at radius 1 is 1.39 bits per heavy atom. The zero-order chi connectivity index (χ0) is 13.0. The molecule has 100 valence electrons. The molecule has 0 bridgehead atoms. The number of ether oxygens (including phenoxy) is 1. The van der Waals surface area contributed by atoms with Crippen LogP contribution < -0.4 is 5.32 Å². The fourth-order valence-corrected chi connectivity index (χ4v) is 2.33. The van der Waals surface area contributed by atoms with Crippen molar-refractivity contribution in [2.24, 2.45) is 0 Å². The van der Waals surface area contributed by atoms with Crippen LogP contribution in [0.3, 0.4) is 0 Å². The molecule has 0 fully saturated rings. The molecule has 2 atom stereocenters. The Kier molecular flexibility index (Phi) is 4.75. The number of fused-ring (bicyclic) bond motifs is 1. The quantitative estimate of drug-likeness (QED) is 0.773. The highest BCUT2D eigenvalue weighted by atomic mass is 16.5. The molecule has 0 heterocycles. The van der Waals surface area contributed by atoms with Crippen molar-refractivity contribution in [1.29, 1.82) is 0 Å². The highest BCUT2D eigenvalue weighted by molar-refractivity contribution is 5.40. The largest absolute Gasteiger partial charge is 0.389 e. The van der Waals surface area contributed by atoms with Gasteiger partial charge in [0.1, 0.15) is 0 Å². The van der Waals surface area contributed by atoms with Crippen LogP contribution in [0.15, 0.2) is 24.3 Å². The first-order valence-electron chi connectivity index (χ1n) is 6.75. The zero-order valence-corrected chi connectivity index (χ0v) is 11.2. The van der Waals surface area contributed by atoms with E-state index in [9.17, 15) is 5.11 Å². The number of hydrogen-bond donors (Lipinski definition) is 2. The molecule has 1 aromatic rings. The van der Waals surface area contributed by atoms with Crippen molar-refractivity contribution < 1.29 is 9.84 Å². The minimum absolute atomic E-state index is 0.179. The molecule has 0 aromatic heterocycles. The fraction of sp³-hybridized carbons (Fsp3) is 0.600. The summed E-state index contributed by atoms with van der Waals surface area (Å²) >= 11 is 0. The number of hydrogen-bond acceptors (Lipinski definition) is 3. The lowest BCUT2D eigenvalue weighted by molar-refractivity contribution is 0.00631. The Balaban J connectivity index is 1.63. The summed E-state index contributed by atoms with van der Waals surface area (Å²) in [5.41, 5.74) is 2.92. The van der Waals surface area contributed by atoms with Crippen molar-refractivity contribution in [3.8, 4) is 0 Å². The number of aliphatic hydroxyl groups is 1. The van der Waals surface area contributed by atoms with Gasteiger partial charge in [-0.3, -0.25) is 0 Å². The first kappa shape index (κ1) is 13.5. The zero-order valence-electron chi connectivity index (χ0n) is 11.2. The van der Waals surface area contributed by atoms with E-state index in [1.165, 1.54) is 11.1 Å². The highest BCUT2D eigenvalue weighted by Crippen LogP contribution is 2.33. The van der Waals surface area contributed by atoms with E-state index in [4.69, 9.17) is 4.74 Å². The van der Waals surface area contributed by atoms with E-state index in [1.54, 1.807) is 0 Å². The molecular weight excluding hydrogens is 226 g/mol. The molecule has 2 unspecified atom stereocenters. The first-order chi connectivity index (χ1) is 8.66. The maximum absolute atomic E-state index is 9.71. The molecule has 1 aliphatic carbocycles. The van der Waals surface area contributed by atoms with Crippen LogP contribution in [0, 0.1) is 0 Å². The summed E-state index contributed by atoms with van der Waals surface area (Å²) in [7, 11) is 0. The van der Waals surface area contributed by atoms with E-state index < -0.39 is 6.10 Å². The second-order valence-corrected chi connectivity index (χ2v) is 5.29. The van der Waals surface area contributed by atoms with Crippen LogP contribution in [-0.4, -0.2) is 37.0 Å². The van der Waals surface area contributed by atoms with Crippen LogP contribution in [0.2, 0.25) is 0 Å². The second kappa shape index (κ2) is 6.32. The normalized spacial score (nSPS) is 19.4. The van der Waals surface area contributed by atoms with E-state index >= 15 is 0 Å². The predicted octanol–water partition coefficient (Wildman–Crippen LogP) is 1.70. The van der Waals surface area contributed by atoms with Crippen LogP contribution in [0.4, 0.5) is 0 Å². The summed E-state index contributed by atoms with van der Waals surface area (Å²) in [4.78, 5) is 0. The van der Waals surface area contributed by atoms with Crippen molar-refractivity contribution in [2.75, 3.05) is 19.7 Å². The molecule has 1 aliphatic rings. The van der Waals surface area contributed by atoms with Crippen molar-refractivity contribution in [2.45, 2.75) is 38.4 Å². The molecule has 0 saturated carbocycles. The van der Waals surface area contributed by atoms with E-state index in [0.717, 1.165) is 13.0 Å². The van der Waals surface area contributed by atoms with Crippen LogP contribution >= 0.6 is 0 Å². The molecule has 0 aliphatic heterocycles. The van der Waals surface area contributed by atoms with Gasteiger partial charge in [-0.25, -0.2) is 0 Å². The third-order valence-corrected chi connectivity index (χ3v) is 3.35. The molecule has 1 aromatic carbocycles. The van der Waals surface area contributed by atoms with Crippen LogP contribution in [0.5, 0.6) is 0 Å². The van der Waals surface area contributed by atoms with Gasteiger partial charge < -0.3 is 15.2 Å². The van der Waals surface area contributed by atoms with E-state index in [2.05, 4.69) is 29.6 Å². The Hall–Kier alpha value is -0.900. The van der Waals surface area contributed by atoms with E-state index in [1.807, 2.05) is 13.8 Å². The molecule has 0 spiro atoms. The minimum Gasteiger partial charge on any atom is -0.389 e. The standard InChI is InChI=1S/C15H23NO2/c1-11(2)18-10-14(17)9-16-8-13-7-12-5-3-4-6-15(12)13/h3-6,11,13-14,16-17H,7-10H2,1-2H3. The maximum atomic E-state index is 9.71. The summed E-state index contributed by atoms with van der Waals surface area (Å²) in [6.45, 7) is 5.91. The van der Waals surface area contributed by atoms with Crippen LogP contribution in [-0.2, 0) is 11.2 Å². The van der Waals surface area contributed by atoms with Gasteiger partial charge >= 0.3 is 0 Å². The topological polar surface area (TPSA) is 41.5 Å². The molecule has 0 saturated heterocycles. The molecule has 0 amide bonds. The molecular formula is C15H23NO2. The van der Waals surface area contributed by atoms with Gasteiger partial charge in [-0.15, -0.1) is 0 Å². The first-order valence-corrected chi connectivity index (χ1v) is 6.75. The second-order valence-electron chi connectivity index (χ2n) is 5.29. The molecule has 3 nitrogen and oxygen atoms in total. The average Bonchev–Trinajstić information content (AvgIpc) is 2.32. The molecule has 0 radical (unpaired) electrons. The van der Waals surface area contributed by atoms with Gasteiger partial charge in [0.2, 0.25) is 0 Å². The third kappa shape index (κ3) is 3.55. The van der Waals surface area contributed by atoms with Gasteiger partial charge in [0.05, 0.1) is 18.8 Å². The Labute approximate surface area is 109 Å². The van der Waals surface area contributed by atoms with Gasteiger partial charge in [0.15, 0.2) is 0 Å². The fourth-order valence-electron chi connectivity index (χ4n) is 2.33. The van der Waals surface area contributed by atoms with Crippen molar-refractivity contribution in [3.63, 3.8) is 0 Å². The molecule has 2 rings (SSSR count). The lowest BCUT2D eigenvalue weighted by Crippen LogP contribution is -2.36. The van der Waals surface area contributed by atoms with Crippen molar-refractivity contribution in [1.82, 2.24) is 5.32 Å². The smallest absolute Gasteiger partial charge is 0.0897 e. The lowest BCUT2D eigenvalue weighted by Gasteiger charge is -2.30. The average molecular weight is 249 g/mol. The Morgan fingerprint density at radius 3 is 2.89 bits per heavy atom. The summed E-state index contributed by atoms with van der Waals surface area (Å²) in [5.74, 6) is 0.611. The Morgan fingerprint density at radius 2 is 2.17 bits per heavy atom. The van der Waals surface area contributed by atoms with Gasteiger partial charge in [0.25, 0.3) is 0 Å². The van der Waals surface area contributed by atoms with Crippen molar-refractivity contribution >= 4 is 0 Å². The maximum Gasteiger partial charge on any atom is 0.0897 e. The summed E-state index contributed by atoms with van der Waals surface area (Å²) < 4.78 is 5.37. The Bertz CT molecular complexity index is 379. The van der Waals surface area contributed by atoms with Gasteiger partial charge in [0, 0.05) is 19.0 Å². The third-order valence-electron chi connectivity index (χ3n) is 3.35. The number of nitrogens with one attached hydrogen (secondary N) is 1. The van der Waals surface area contributed by atoms with Gasteiger partial charge in [-0.2, -0.15) is 0 Å². The van der Waals surface area contributed by atoms with Crippen LogP contribution in [0.25, 0.3) is 0 Å². The summed E-state index contributed by atoms with van der Waals surface area (Å²) in [6, 6.07) is 8.58. The predicted molar refractivity (Wildman–Crippen MR) is 72.9 cm³/mol. The molecule has 18 heavy (non-hydrogen) atoms. The van der Waals surface area contributed by atoms with Gasteiger partial charge in [-0.05, 0) is 31.4 Å². The SMILES string of the molecule is CC(C)OCC(O)CNCC1Cc2ccccc21. The lowest BCUT2D eigenvalue weighted by atomic mass is 9.77. The van der Waals surface area contributed by atoms with Crippen molar-refractivity contribution in [3.05, 3.63) is 35.4 Å². The highest BCUT2D eigenvalue weighted by Gasteiger charge is 2.24. The number of rotatable bonds is 7. The number of aliphatic hydroxyl groups excluding tert-OH is 1. The summed E-state index contributed by atoms with van der Waals surface area (Å²) in [5, 5.41) is 13.0.